The molecule has 0 unspecified atom stereocenters. The van der Waals surface area contributed by atoms with Crippen LogP contribution in [0.5, 0.6) is 0 Å². The van der Waals surface area contributed by atoms with Crippen LogP contribution in [0.15, 0.2) is 41.9 Å². The lowest BCUT2D eigenvalue weighted by Crippen LogP contribution is -2.29. The van der Waals surface area contributed by atoms with E-state index in [0.29, 0.717) is 18.1 Å². The van der Waals surface area contributed by atoms with Crippen molar-refractivity contribution < 1.29 is 9.53 Å². The van der Waals surface area contributed by atoms with Crippen molar-refractivity contribution in [2.24, 2.45) is 0 Å². The molecule has 1 aliphatic rings. The van der Waals surface area contributed by atoms with Crippen molar-refractivity contribution in [3.63, 3.8) is 0 Å². The summed E-state index contributed by atoms with van der Waals surface area (Å²) in [5.74, 6) is 0.344. The highest BCUT2D eigenvalue weighted by Crippen LogP contribution is 2.35. The predicted octanol–water partition coefficient (Wildman–Crippen LogP) is 4.39. The molecule has 0 radical (unpaired) electrons. The zero-order valence-electron chi connectivity index (χ0n) is 16.4. The molecule has 1 atom stereocenters. The van der Waals surface area contributed by atoms with Crippen LogP contribution >= 0.6 is 0 Å². The summed E-state index contributed by atoms with van der Waals surface area (Å²) in [5.41, 5.74) is 3.51. The Labute approximate surface area is 160 Å². The number of allylic oxidation sites excluding steroid dienone is 1. The first-order valence-electron chi connectivity index (χ1n) is 9.72. The lowest BCUT2D eigenvalue weighted by Gasteiger charge is -2.28. The van der Waals surface area contributed by atoms with E-state index in [9.17, 15) is 4.79 Å². The van der Waals surface area contributed by atoms with Gasteiger partial charge < -0.3 is 10.1 Å². The monoisotopic (exact) mass is 368 g/mol. The first kappa shape index (κ1) is 19.1. The number of carbonyl (C=O) groups is 1. The fourth-order valence-corrected chi connectivity index (χ4v) is 3.36. The third kappa shape index (κ3) is 4.38. The minimum Gasteiger partial charge on any atom is -0.462 e. The van der Waals surface area contributed by atoms with Gasteiger partial charge in [-0.25, -0.2) is 9.48 Å². The van der Waals surface area contributed by atoms with Crippen LogP contribution in [0.25, 0.3) is 0 Å². The molecule has 2 heterocycles. The number of hydrogen-bond donors (Lipinski definition) is 1. The second kappa shape index (κ2) is 8.84. The highest BCUT2D eigenvalue weighted by Gasteiger charge is 2.34. The second-order valence-corrected chi connectivity index (χ2v) is 7.06. The molecule has 27 heavy (non-hydrogen) atoms. The van der Waals surface area contributed by atoms with E-state index in [2.05, 4.69) is 22.3 Å². The van der Waals surface area contributed by atoms with Gasteiger partial charge >= 0.3 is 5.97 Å². The average molecular weight is 368 g/mol. The van der Waals surface area contributed by atoms with E-state index >= 15 is 0 Å². The molecular weight excluding hydrogens is 340 g/mol. The number of aryl methyl sites for hydroxylation is 1. The maximum atomic E-state index is 12.9. The molecule has 0 aliphatic carbocycles. The molecule has 0 bridgehead atoms. The van der Waals surface area contributed by atoms with Crippen molar-refractivity contribution in [2.75, 3.05) is 11.9 Å². The number of esters is 1. The van der Waals surface area contributed by atoms with Gasteiger partial charge in [-0.3, -0.25) is 0 Å². The van der Waals surface area contributed by atoms with Crippen molar-refractivity contribution in [1.82, 2.24) is 14.8 Å². The highest BCUT2D eigenvalue weighted by molar-refractivity contribution is 5.92. The van der Waals surface area contributed by atoms with Gasteiger partial charge in [-0.05, 0) is 25.8 Å². The van der Waals surface area contributed by atoms with Gasteiger partial charge in [0.25, 0.3) is 0 Å². The number of nitrogens with zero attached hydrogens (tertiary/aromatic N) is 3. The van der Waals surface area contributed by atoms with E-state index in [0.717, 1.165) is 24.1 Å². The van der Waals surface area contributed by atoms with Gasteiger partial charge in [0.1, 0.15) is 12.4 Å². The van der Waals surface area contributed by atoms with E-state index in [4.69, 9.17) is 4.74 Å². The van der Waals surface area contributed by atoms with Crippen LogP contribution in [0.4, 0.5) is 5.95 Å². The maximum Gasteiger partial charge on any atom is 0.338 e. The number of benzene rings is 1. The summed E-state index contributed by atoms with van der Waals surface area (Å²) in [7, 11) is 0. The van der Waals surface area contributed by atoms with Crippen molar-refractivity contribution in [3.8, 4) is 0 Å². The number of anilines is 1. The topological polar surface area (TPSA) is 69.0 Å². The fraction of sp³-hybridized carbons (Fsp3) is 0.476. The van der Waals surface area contributed by atoms with Crippen LogP contribution in [-0.4, -0.2) is 27.3 Å². The predicted molar refractivity (Wildman–Crippen MR) is 105 cm³/mol. The van der Waals surface area contributed by atoms with Crippen molar-refractivity contribution in [2.45, 2.75) is 58.9 Å². The normalized spacial score (nSPS) is 16.0. The molecule has 1 N–H and O–H groups in total. The van der Waals surface area contributed by atoms with Crippen molar-refractivity contribution >= 4 is 11.9 Å². The Morgan fingerprint density at radius 2 is 1.89 bits per heavy atom. The number of ether oxygens (including phenoxy) is 1. The quantitative estimate of drug-likeness (QED) is 0.553. The van der Waals surface area contributed by atoms with Gasteiger partial charge in [0, 0.05) is 5.70 Å². The first-order valence-corrected chi connectivity index (χ1v) is 9.72. The Balaban J connectivity index is 1.78. The number of hydrogen-bond acceptors (Lipinski definition) is 5. The van der Waals surface area contributed by atoms with E-state index < -0.39 is 0 Å². The van der Waals surface area contributed by atoms with Gasteiger partial charge in [-0.2, -0.15) is 10.1 Å². The number of aromatic nitrogens is 3. The fourth-order valence-electron chi connectivity index (χ4n) is 3.36. The molecule has 0 spiro atoms. The lowest BCUT2D eigenvalue weighted by atomic mass is 9.95. The number of carbonyl (C=O) groups excluding carboxylic acids is 1. The largest absolute Gasteiger partial charge is 0.462 e. The van der Waals surface area contributed by atoms with E-state index in [1.807, 2.05) is 38.1 Å². The molecular formula is C21H28N4O2. The summed E-state index contributed by atoms with van der Waals surface area (Å²) in [4.78, 5) is 17.2. The van der Waals surface area contributed by atoms with Gasteiger partial charge in [0.15, 0.2) is 0 Å². The number of unbranched alkanes of at least 4 members (excludes halogenated alkanes) is 4. The van der Waals surface area contributed by atoms with Crippen LogP contribution in [0, 0.1) is 6.92 Å². The maximum absolute atomic E-state index is 12.9. The zero-order valence-corrected chi connectivity index (χ0v) is 16.4. The number of rotatable bonds is 8. The molecule has 6 nitrogen and oxygen atoms in total. The van der Waals surface area contributed by atoms with Crippen LogP contribution in [0.3, 0.4) is 0 Å². The summed E-state index contributed by atoms with van der Waals surface area (Å²) in [6.07, 6.45) is 7.11. The van der Waals surface area contributed by atoms with Crippen molar-refractivity contribution in [1.29, 1.82) is 0 Å². The van der Waals surface area contributed by atoms with E-state index in [-0.39, 0.29) is 12.0 Å². The molecule has 3 rings (SSSR count). The summed E-state index contributed by atoms with van der Waals surface area (Å²) >= 11 is 0. The summed E-state index contributed by atoms with van der Waals surface area (Å²) in [5, 5.41) is 7.50. The van der Waals surface area contributed by atoms with E-state index in [1.165, 1.54) is 31.2 Å². The van der Waals surface area contributed by atoms with Crippen LogP contribution < -0.4 is 5.32 Å². The molecule has 1 aromatic heterocycles. The molecule has 0 saturated carbocycles. The Morgan fingerprint density at radius 1 is 1.15 bits per heavy atom. The molecule has 0 fully saturated rings. The molecule has 0 amide bonds. The van der Waals surface area contributed by atoms with Gasteiger partial charge in [-0.1, -0.05) is 62.4 Å². The molecule has 2 aromatic rings. The van der Waals surface area contributed by atoms with Gasteiger partial charge in [0.2, 0.25) is 5.95 Å². The Hall–Kier alpha value is -2.63. The summed E-state index contributed by atoms with van der Waals surface area (Å²) in [6, 6.07) is 7.81. The molecule has 0 saturated heterocycles. The zero-order chi connectivity index (χ0) is 19.2. The Bertz CT molecular complexity index is 808. The second-order valence-electron chi connectivity index (χ2n) is 7.06. The van der Waals surface area contributed by atoms with Gasteiger partial charge in [-0.15, -0.1) is 0 Å². The third-order valence-electron chi connectivity index (χ3n) is 4.89. The molecule has 1 aliphatic heterocycles. The third-order valence-corrected chi connectivity index (χ3v) is 4.89. The summed E-state index contributed by atoms with van der Waals surface area (Å²) < 4.78 is 7.35. The molecule has 144 valence electrons. The van der Waals surface area contributed by atoms with Crippen LogP contribution in [-0.2, 0) is 9.53 Å². The number of fused-ring (bicyclic) bond motifs is 1. The minimum atomic E-state index is -0.336. The van der Waals surface area contributed by atoms with Crippen LogP contribution in [0.1, 0.15) is 63.1 Å². The summed E-state index contributed by atoms with van der Waals surface area (Å²) in [6.45, 7) is 6.57. The standard InChI is InChI=1S/C21H28N4O2/c1-4-5-6-7-8-13-27-20(26)18-16(3)24-21-22-14-23-25(21)19(18)17-11-9-15(2)10-12-17/h9-12,14,19H,4-8,13H2,1-3H3,(H,22,23,24)/t19-/m1/s1. The van der Waals surface area contributed by atoms with E-state index in [1.54, 1.807) is 4.68 Å². The molecule has 1 aromatic carbocycles. The van der Waals surface area contributed by atoms with Gasteiger partial charge in [0.05, 0.1) is 12.2 Å². The minimum absolute atomic E-state index is 0.290. The lowest BCUT2D eigenvalue weighted by molar-refractivity contribution is -0.139. The SMILES string of the molecule is CCCCCCCOC(=O)C1=C(C)Nc2ncnn2[C@@H]1c1ccc(C)cc1. The smallest absolute Gasteiger partial charge is 0.338 e. The average Bonchev–Trinajstić information content (AvgIpc) is 3.12. The number of nitrogens with one attached hydrogen (secondary N) is 1. The Kier molecular flexibility index (Phi) is 6.27. The van der Waals surface area contributed by atoms with Crippen LogP contribution in [0.2, 0.25) is 0 Å². The Morgan fingerprint density at radius 3 is 2.63 bits per heavy atom. The highest BCUT2D eigenvalue weighted by atomic mass is 16.5. The first-order chi connectivity index (χ1) is 13.1. The van der Waals surface area contributed by atoms with Crippen molar-refractivity contribution in [3.05, 3.63) is 53.0 Å². The molecule has 6 heteroatoms.